The zero-order chi connectivity index (χ0) is 25.9. The number of hydrogen-bond donors (Lipinski definition) is 3. The Hall–Kier alpha value is -4.64. The summed E-state index contributed by atoms with van der Waals surface area (Å²) in [6.45, 7) is 1.69. The number of halogens is 2. The van der Waals surface area contributed by atoms with Crippen LogP contribution in [0.1, 0.15) is 29.3 Å². The monoisotopic (exact) mass is 516 g/mol. The summed E-state index contributed by atoms with van der Waals surface area (Å²) in [5.74, 6) is -0.270. The highest BCUT2D eigenvalue weighted by atomic mass is 35.5. The van der Waals surface area contributed by atoms with Crippen LogP contribution in [0.5, 0.6) is 5.75 Å². The van der Waals surface area contributed by atoms with E-state index in [1.54, 1.807) is 35.8 Å². The molecule has 1 aliphatic rings. The minimum Gasteiger partial charge on any atom is -0.506 e. The Kier molecular flexibility index (Phi) is 5.06. The molecule has 0 unspecified atom stereocenters. The van der Waals surface area contributed by atoms with E-state index in [9.17, 15) is 14.3 Å². The van der Waals surface area contributed by atoms with E-state index in [0.717, 1.165) is 5.56 Å². The molecule has 4 heterocycles. The van der Waals surface area contributed by atoms with Crippen LogP contribution in [-0.4, -0.2) is 40.6 Å². The van der Waals surface area contributed by atoms with E-state index in [1.807, 2.05) is 0 Å². The fourth-order valence-corrected chi connectivity index (χ4v) is 4.71. The smallest absolute Gasteiger partial charge is 0.240 e. The number of aromatic hydroxyl groups is 1. The van der Waals surface area contributed by atoms with Gasteiger partial charge in [-0.25, -0.2) is 28.8 Å². The van der Waals surface area contributed by atoms with Crippen molar-refractivity contribution in [3.8, 4) is 17.3 Å². The zero-order valence-corrected chi connectivity index (χ0v) is 20.0. The van der Waals surface area contributed by atoms with Gasteiger partial charge in [0.2, 0.25) is 5.91 Å². The molecule has 5 aromatic rings. The minimum atomic E-state index is -1.23. The summed E-state index contributed by atoms with van der Waals surface area (Å²) in [4.78, 5) is 31.2. The number of fused-ring (bicyclic) bond motifs is 2. The molecule has 184 valence electrons. The van der Waals surface area contributed by atoms with Crippen molar-refractivity contribution in [2.75, 3.05) is 11.1 Å². The van der Waals surface area contributed by atoms with Gasteiger partial charge in [0.05, 0.1) is 22.5 Å². The van der Waals surface area contributed by atoms with Gasteiger partial charge in [-0.15, -0.1) is 0 Å². The third-order valence-corrected chi connectivity index (χ3v) is 6.80. The lowest BCUT2D eigenvalue weighted by Gasteiger charge is -2.23. The van der Waals surface area contributed by atoms with Gasteiger partial charge in [0.25, 0.3) is 0 Å². The summed E-state index contributed by atoms with van der Waals surface area (Å²) in [7, 11) is 0. The van der Waals surface area contributed by atoms with Gasteiger partial charge < -0.3 is 16.2 Å². The van der Waals surface area contributed by atoms with Gasteiger partial charge in [0, 0.05) is 6.42 Å². The standard InChI is InChI=1S/C25H18ClFN8O2/c1-25(13-4-7-18(36)15(26)9-13)19-20(28)32-21(33-22(19)34-24(25)37)17-10-35-23(29-11-30-35)16(31-17)8-12-2-5-14(27)6-3-12/h2-7,9-11,36H,8H2,1H3,(H3,28,32,33,34,37)/t25-/m1/s1. The number of aromatic nitrogens is 6. The third-order valence-electron chi connectivity index (χ3n) is 6.49. The number of nitrogens with two attached hydrogens (primary N) is 1. The quantitative estimate of drug-likeness (QED) is 0.329. The van der Waals surface area contributed by atoms with E-state index in [1.165, 1.54) is 30.6 Å². The lowest BCUT2D eigenvalue weighted by molar-refractivity contribution is -0.119. The number of nitrogens with zero attached hydrogens (tertiary/aromatic N) is 6. The number of benzene rings is 2. The normalized spacial score (nSPS) is 16.7. The van der Waals surface area contributed by atoms with Gasteiger partial charge in [0.1, 0.15) is 40.6 Å². The molecule has 6 rings (SSSR count). The largest absolute Gasteiger partial charge is 0.506 e. The topological polar surface area (TPSA) is 144 Å². The van der Waals surface area contributed by atoms with Crippen LogP contribution >= 0.6 is 11.6 Å². The van der Waals surface area contributed by atoms with Crippen molar-refractivity contribution in [3.63, 3.8) is 0 Å². The van der Waals surface area contributed by atoms with Gasteiger partial charge in [-0.05, 0) is 42.3 Å². The molecule has 1 atom stereocenters. The van der Waals surface area contributed by atoms with Gasteiger partial charge in [0.15, 0.2) is 11.5 Å². The van der Waals surface area contributed by atoms with E-state index in [0.29, 0.717) is 34.6 Å². The van der Waals surface area contributed by atoms with Crippen molar-refractivity contribution in [2.24, 2.45) is 0 Å². The number of phenolic OH excluding ortho intramolecular Hbond substituents is 1. The summed E-state index contributed by atoms with van der Waals surface area (Å²) in [5, 5.41) is 16.9. The van der Waals surface area contributed by atoms with E-state index < -0.39 is 5.41 Å². The van der Waals surface area contributed by atoms with Crippen LogP contribution in [0.2, 0.25) is 5.02 Å². The number of nitrogens with one attached hydrogen (secondary N) is 1. The Morgan fingerprint density at radius 3 is 2.70 bits per heavy atom. The second kappa shape index (κ2) is 8.20. The molecule has 0 radical (unpaired) electrons. The third kappa shape index (κ3) is 3.62. The van der Waals surface area contributed by atoms with Crippen molar-refractivity contribution in [2.45, 2.75) is 18.8 Å². The van der Waals surface area contributed by atoms with E-state index in [2.05, 4.69) is 25.4 Å². The lowest BCUT2D eigenvalue weighted by Crippen LogP contribution is -2.33. The van der Waals surface area contributed by atoms with E-state index in [-0.39, 0.29) is 40.0 Å². The predicted molar refractivity (Wildman–Crippen MR) is 134 cm³/mol. The maximum absolute atomic E-state index is 13.4. The Balaban J connectivity index is 1.45. The first kappa shape index (κ1) is 22.8. The molecule has 0 fully saturated rings. The number of carbonyl (C=O) groups is 1. The fraction of sp³-hybridized carbons (Fsp3) is 0.120. The molecule has 10 nitrogen and oxygen atoms in total. The highest BCUT2D eigenvalue weighted by molar-refractivity contribution is 6.32. The van der Waals surface area contributed by atoms with Gasteiger partial charge in [-0.2, -0.15) is 5.10 Å². The molecule has 1 amide bonds. The maximum atomic E-state index is 13.4. The first-order chi connectivity index (χ1) is 17.7. The van der Waals surface area contributed by atoms with Crippen LogP contribution in [0.15, 0.2) is 55.0 Å². The molecule has 37 heavy (non-hydrogen) atoms. The van der Waals surface area contributed by atoms with Crippen molar-refractivity contribution in [1.82, 2.24) is 29.5 Å². The number of hydrogen-bond acceptors (Lipinski definition) is 8. The molecule has 4 N–H and O–H groups in total. The number of amides is 1. The molecule has 0 bridgehead atoms. The molecule has 0 spiro atoms. The summed E-state index contributed by atoms with van der Waals surface area (Å²) < 4.78 is 14.9. The summed E-state index contributed by atoms with van der Waals surface area (Å²) in [6.07, 6.45) is 3.39. The van der Waals surface area contributed by atoms with Crippen LogP contribution < -0.4 is 11.1 Å². The molecular weight excluding hydrogens is 499 g/mol. The Labute approximate surface area is 214 Å². The average Bonchev–Trinajstić information content (AvgIpc) is 3.45. The molecule has 3 aromatic heterocycles. The summed E-state index contributed by atoms with van der Waals surface area (Å²) >= 11 is 6.11. The fourth-order valence-electron chi connectivity index (χ4n) is 4.53. The van der Waals surface area contributed by atoms with Crippen molar-refractivity contribution < 1.29 is 14.3 Å². The van der Waals surface area contributed by atoms with E-state index in [4.69, 9.17) is 22.3 Å². The molecule has 2 aromatic carbocycles. The SMILES string of the molecule is C[C@]1(c2ccc(O)c(Cl)c2)C(=O)Nc2nc(-c3cn4ncnc4c(Cc4ccc(F)cc4)n3)nc(N)c21. The van der Waals surface area contributed by atoms with Crippen LogP contribution in [-0.2, 0) is 16.6 Å². The first-order valence-electron chi connectivity index (χ1n) is 11.2. The van der Waals surface area contributed by atoms with Crippen LogP contribution in [0.25, 0.3) is 17.2 Å². The maximum Gasteiger partial charge on any atom is 0.240 e. The number of rotatable bonds is 4. The van der Waals surface area contributed by atoms with Crippen LogP contribution in [0.4, 0.5) is 16.0 Å². The molecule has 1 aliphatic heterocycles. The molecule has 0 saturated heterocycles. The summed E-state index contributed by atoms with van der Waals surface area (Å²) in [5.41, 5.74) is 8.40. The average molecular weight is 517 g/mol. The van der Waals surface area contributed by atoms with E-state index >= 15 is 0 Å². The summed E-state index contributed by atoms with van der Waals surface area (Å²) in [6, 6.07) is 10.6. The van der Waals surface area contributed by atoms with Crippen molar-refractivity contribution >= 4 is 34.8 Å². The number of anilines is 2. The van der Waals surface area contributed by atoms with Crippen LogP contribution in [0, 0.1) is 5.82 Å². The number of carbonyl (C=O) groups excluding carboxylic acids is 1. The molecule has 0 saturated carbocycles. The highest BCUT2D eigenvalue weighted by Gasteiger charge is 2.47. The second-order valence-electron chi connectivity index (χ2n) is 8.81. The molecule has 0 aliphatic carbocycles. The highest BCUT2D eigenvalue weighted by Crippen LogP contribution is 2.46. The Morgan fingerprint density at radius 2 is 1.95 bits per heavy atom. The first-order valence-corrected chi connectivity index (χ1v) is 11.5. The number of phenols is 1. The Morgan fingerprint density at radius 1 is 1.16 bits per heavy atom. The predicted octanol–water partition coefficient (Wildman–Crippen LogP) is 3.51. The van der Waals surface area contributed by atoms with Gasteiger partial charge in [-0.3, -0.25) is 4.79 Å². The second-order valence-corrected chi connectivity index (χ2v) is 9.21. The molecule has 12 heteroatoms. The number of nitrogen functional groups attached to an aromatic ring is 1. The van der Waals surface area contributed by atoms with Crippen molar-refractivity contribution in [1.29, 1.82) is 0 Å². The van der Waals surface area contributed by atoms with Crippen LogP contribution in [0.3, 0.4) is 0 Å². The Bertz CT molecular complexity index is 1720. The molecular formula is C25H18ClFN8O2. The van der Waals surface area contributed by atoms with Gasteiger partial charge >= 0.3 is 0 Å². The van der Waals surface area contributed by atoms with Crippen molar-refractivity contribution in [3.05, 3.63) is 88.2 Å². The minimum absolute atomic E-state index is 0.0885. The van der Waals surface area contributed by atoms with Gasteiger partial charge in [-0.1, -0.05) is 29.8 Å². The zero-order valence-electron chi connectivity index (χ0n) is 19.3. The lowest BCUT2D eigenvalue weighted by atomic mass is 9.77.